The summed E-state index contributed by atoms with van der Waals surface area (Å²) >= 11 is 0. The smallest absolute Gasteiger partial charge is 0.295 e. The van der Waals surface area contributed by atoms with Crippen molar-refractivity contribution in [2.75, 3.05) is 5.73 Å². The number of rotatable bonds is 2. The fourth-order valence-corrected chi connectivity index (χ4v) is 1.41. The first kappa shape index (κ1) is 23.3. The molecule has 14 heteroatoms. The van der Waals surface area contributed by atoms with Crippen LogP contribution in [-0.4, -0.2) is 4.98 Å². The number of nitrogens with one attached hydrogen (secondary N) is 1. The van der Waals surface area contributed by atoms with Crippen LogP contribution in [0.25, 0.3) is 0 Å². The predicted molar refractivity (Wildman–Crippen MR) is 55.7 cm³/mol. The minimum Gasteiger partial charge on any atom is -0.362 e. The van der Waals surface area contributed by atoms with Crippen LogP contribution in [-0.2, 0) is 6.54 Å². The number of pyridine rings is 1. The highest BCUT2D eigenvalue weighted by Gasteiger charge is 2.12. The van der Waals surface area contributed by atoms with Crippen molar-refractivity contribution in [3.05, 3.63) is 48.2 Å². The van der Waals surface area contributed by atoms with Gasteiger partial charge in [-0.1, -0.05) is 6.07 Å². The summed E-state index contributed by atoms with van der Waals surface area (Å²) in [6.07, 6.45) is 5.90. The molecule has 2 aromatic rings. The highest BCUT2D eigenvalue weighted by Crippen LogP contribution is 2.03. The second kappa shape index (κ2) is 10.3. The summed E-state index contributed by atoms with van der Waals surface area (Å²) in [5.74, 6) is 1.41. The van der Waals surface area contributed by atoms with Gasteiger partial charge in [-0.3, -0.25) is 0 Å². The summed E-state index contributed by atoms with van der Waals surface area (Å²) < 4.78 is 70.0. The zero-order chi connectivity index (χ0) is 19.7. The Bertz CT molecular complexity index is 612. The molecule has 0 atom stereocenters. The van der Waals surface area contributed by atoms with E-state index in [4.69, 9.17) is 43.0 Å². The summed E-state index contributed by atoms with van der Waals surface area (Å²) in [6.45, 7) is 2.62. The number of nitrogens with two attached hydrogens (primary N) is 1. The lowest BCUT2D eigenvalue weighted by Gasteiger charge is -2.17. The normalized spacial score (nSPS) is 10.9. The van der Waals surface area contributed by atoms with Gasteiger partial charge >= 0.3 is 0 Å². The van der Waals surface area contributed by atoms with E-state index >= 15 is 0 Å². The van der Waals surface area contributed by atoms with Gasteiger partial charge < -0.3 is 5.73 Å². The van der Waals surface area contributed by atoms with Gasteiger partial charge in [-0.2, -0.15) is 0 Å². The molecule has 12 nitrogen and oxygen atoms in total. The molecule has 0 saturated heterocycles. The van der Waals surface area contributed by atoms with Crippen molar-refractivity contribution in [2.24, 2.45) is 0 Å². The maximum atomic E-state index is 8.49. The molecule has 140 valence electrons. The maximum Gasteiger partial charge on any atom is 0.295 e. The van der Waals surface area contributed by atoms with Crippen molar-refractivity contribution in [2.45, 2.75) is 13.5 Å². The minimum absolute atomic E-state index is 0.586. The van der Waals surface area contributed by atoms with E-state index in [9.17, 15) is 0 Å². The number of anilines is 1. The molecule has 2 heterocycles. The van der Waals surface area contributed by atoms with Crippen molar-refractivity contribution >= 4 is 5.82 Å². The van der Waals surface area contributed by atoms with Gasteiger partial charge in [0, 0.05) is 19.1 Å². The predicted octanol–water partition coefficient (Wildman–Crippen LogP) is -9.39. The molecule has 0 spiro atoms. The second-order valence-electron chi connectivity index (χ2n) is 4.20. The van der Waals surface area contributed by atoms with Crippen LogP contribution in [0.4, 0.5) is 5.82 Å². The van der Waals surface area contributed by atoms with Crippen LogP contribution in [0.2, 0.25) is 0 Å². The summed E-state index contributed by atoms with van der Waals surface area (Å²) in [7, 11) is -9.89. The standard InChI is InChI=1S/C11H13N4.2ClHO4/c1-9-13-7-10(11(12)14-9)8-15-5-3-2-4-6-15;2*2-1(3,4)5/h2-7H,8H2,1H3,(H2,12,13,14);2*(H,2,3,4,5)/q+1;;/p-1. The first-order valence-corrected chi connectivity index (χ1v) is 8.54. The number of H-pyrrole nitrogens is 1. The van der Waals surface area contributed by atoms with Gasteiger partial charge in [-0.05, 0) is 4.98 Å². The second-order valence-corrected chi connectivity index (χ2v) is 5.71. The Morgan fingerprint density at radius 3 is 1.80 bits per heavy atom. The number of aromatic amines is 1. The van der Waals surface area contributed by atoms with Gasteiger partial charge in [-0.15, -0.1) is 20.5 Å². The average molecular weight is 401 g/mol. The Morgan fingerprint density at radius 1 is 0.960 bits per heavy atom. The molecule has 0 saturated carbocycles. The maximum absolute atomic E-state index is 8.49. The lowest BCUT2D eigenvalue weighted by atomic mass is 10.3. The van der Waals surface area contributed by atoms with Gasteiger partial charge in [0.25, 0.3) is 11.6 Å². The number of aryl methyl sites for hydroxylation is 1. The van der Waals surface area contributed by atoms with E-state index in [0.717, 1.165) is 17.9 Å². The van der Waals surface area contributed by atoms with Crippen molar-refractivity contribution in [3.63, 3.8) is 0 Å². The molecule has 0 aliphatic rings. The van der Waals surface area contributed by atoms with Crippen molar-refractivity contribution < 1.29 is 67.3 Å². The van der Waals surface area contributed by atoms with Gasteiger partial charge in [-0.25, -0.2) is 46.8 Å². The van der Waals surface area contributed by atoms with E-state index in [0.29, 0.717) is 5.82 Å². The van der Waals surface area contributed by atoms with E-state index in [-0.39, 0.29) is 0 Å². The largest absolute Gasteiger partial charge is 0.362 e. The van der Waals surface area contributed by atoms with Crippen LogP contribution in [0, 0.1) is 27.4 Å². The molecule has 0 aromatic carbocycles. The zero-order valence-electron chi connectivity index (χ0n) is 12.7. The van der Waals surface area contributed by atoms with Crippen LogP contribution < -0.4 is 52.6 Å². The van der Waals surface area contributed by atoms with Crippen molar-refractivity contribution in [1.29, 1.82) is 0 Å². The SMILES string of the molecule is Cc1nc(N)c(C[n+]2ccccc2)c[nH+]1.[O-][Cl+3]([O-])([O-])[O-].[O-][Cl+3]([O-])([O-])[O-]. The number of nitrogen functional groups attached to an aromatic ring is 1. The molecular formula is C11H14Cl2N4O8. The third kappa shape index (κ3) is 16.9. The van der Waals surface area contributed by atoms with Gasteiger partial charge in [0.2, 0.25) is 0 Å². The molecule has 0 fully saturated rings. The van der Waals surface area contributed by atoms with E-state index in [2.05, 4.69) is 14.5 Å². The quantitative estimate of drug-likeness (QED) is 0.466. The molecule has 0 aliphatic heterocycles. The third-order valence-electron chi connectivity index (χ3n) is 2.20. The Hall–Kier alpha value is -1.71. The van der Waals surface area contributed by atoms with E-state index in [1.807, 2.05) is 43.7 Å². The number of hydrogen-bond acceptors (Lipinski definition) is 10. The topological polar surface area (TPSA) is 241 Å². The Balaban J connectivity index is 0.000000480. The Labute approximate surface area is 146 Å². The van der Waals surface area contributed by atoms with Gasteiger partial charge in [0.1, 0.15) is 11.8 Å². The summed E-state index contributed by atoms with van der Waals surface area (Å²) in [6, 6.07) is 5.96. The molecule has 2 aromatic heterocycles. The highest BCUT2D eigenvalue weighted by molar-refractivity contribution is 5.35. The molecule has 0 aliphatic carbocycles. The molecule has 25 heavy (non-hydrogen) atoms. The number of hydrogen-bond donors (Lipinski definition) is 1. The van der Waals surface area contributed by atoms with E-state index in [1.165, 1.54) is 0 Å². The summed E-state index contributed by atoms with van der Waals surface area (Å²) in [4.78, 5) is 7.24. The fraction of sp³-hybridized carbons (Fsp3) is 0.182. The average Bonchev–Trinajstić information content (AvgIpc) is 2.39. The molecule has 0 amide bonds. The first-order valence-electron chi connectivity index (χ1n) is 6.07. The van der Waals surface area contributed by atoms with E-state index in [1.54, 1.807) is 0 Å². The molecule has 0 unspecified atom stereocenters. The number of nitrogens with zero attached hydrogens (tertiary/aromatic N) is 2. The number of halogens is 2. The lowest BCUT2D eigenvalue weighted by Crippen LogP contribution is -2.68. The molecule has 0 bridgehead atoms. The van der Waals surface area contributed by atoms with Gasteiger partial charge in [0.05, 0.1) is 0 Å². The van der Waals surface area contributed by atoms with Crippen LogP contribution >= 0.6 is 0 Å². The fourth-order valence-electron chi connectivity index (χ4n) is 1.41. The summed E-state index contributed by atoms with van der Waals surface area (Å²) in [5.41, 5.74) is 6.82. The minimum atomic E-state index is -4.94. The van der Waals surface area contributed by atoms with Crippen molar-refractivity contribution in [1.82, 2.24) is 4.98 Å². The van der Waals surface area contributed by atoms with E-state index < -0.39 is 20.5 Å². The van der Waals surface area contributed by atoms with Crippen molar-refractivity contribution in [3.8, 4) is 0 Å². The molecular weight excluding hydrogens is 387 g/mol. The lowest BCUT2D eigenvalue weighted by molar-refractivity contribution is -2.00. The first-order chi connectivity index (χ1) is 11.3. The monoisotopic (exact) mass is 400 g/mol. The highest BCUT2D eigenvalue weighted by atomic mass is 35.7. The van der Waals surface area contributed by atoms with Crippen LogP contribution in [0.3, 0.4) is 0 Å². The molecule has 0 radical (unpaired) electrons. The Morgan fingerprint density at radius 2 is 1.40 bits per heavy atom. The zero-order valence-corrected chi connectivity index (χ0v) is 14.2. The number of aromatic nitrogens is 3. The van der Waals surface area contributed by atoms with Crippen LogP contribution in [0.15, 0.2) is 36.8 Å². The summed E-state index contributed by atoms with van der Waals surface area (Å²) in [5, 5.41) is 0. The third-order valence-corrected chi connectivity index (χ3v) is 2.20. The molecule has 2 rings (SSSR count). The molecule has 3 N–H and O–H groups in total. The van der Waals surface area contributed by atoms with Crippen LogP contribution in [0.1, 0.15) is 11.4 Å². The Kier molecular flexibility index (Phi) is 9.61. The van der Waals surface area contributed by atoms with Gasteiger partial charge in [0.15, 0.2) is 18.9 Å². The van der Waals surface area contributed by atoms with Crippen LogP contribution in [0.5, 0.6) is 0 Å².